The van der Waals surface area contributed by atoms with E-state index < -0.39 is 0 Å². The molecule has 0 spiro atoms. The highest BCUT2D eigenvalue weighted by Crippen LogP contribution is 2.17. The molecule has 0 fully saturated rings. The largest absolute Gasteiger partial charge is 0.275 e. The summed E-state index contributed by atoms with van der Waals surface area (Å²) in [7, 11) is 0. The zero-order valence-electron chi connectivity index (χ0n) is 9.56. The van der Waals surface area contributed by atoms with Crippen LogP contribution in [-0.2, 0) is 0 Å². The van der Waals surface area contributed by atoms with Crippen molar-refractivity contribution < 1.29 is 0 Å². The second-order valence-electron chi connectivity index (χ2n) is 3.88. The van der Waals surface area contributed by atoms with Gasteiger partial charge in [-0.25, -0.2) is 9.97 Å². The predicted octanol–water partition coefficient (Wildman–Crippen LogP) is 2.72. The number of aromatic nitrogens is 4. The molecular formula is C11H15ClN4. The van der Waals surface area contributed by atoms with Gasteiger partial charge >= 0.3 is 0 Å². The van der Waals surface area contributed by atoms with Crippen molar-refractivity contribution in [3.63, 3.8) is 0 Å². The van der Waals surface area contributed by atoms with Crippen LogP contribution in [0.2, 0.25) is 0 Å². The van der Waals surface area contributed by atoms with Crippen molar-refractivity contribution in [1.29, 1.82) is 0 Å². The number of nitrogens with one attached hydrogen (secondary N) is 1. The number of aromatic amines is 1. The van der Waals surface area contributed by atoms with Crippen molar-refractivity contribution in [2.45, 2.75) is 26.7 Å². The highest BCUT2D eigenvalue weighted by molar-refractivity contribution is 5.85. The fraction of sp³-hybridized carbons (Fsp3) is 0.364. The van der Waals surface area contributed by atoms with Gasteiger partial charge < -0.3 is 0 Å². The summed E-state index contributed by atoms with van der Waals surface area (Å²) in [6.45, 7) is 6.23. The van der Waals surface area contributed by atoms with Gasteiger partial charge in [0.15, 0.2) is 5.82 Å². The van der Waals surface area contributed by atoms with Crippen molar-refractivity contribution in [2.75, 3.05) is 0 Å². The lowest BCUT2D eigenvalue weighted by molar-refractivity contribution is 0.810. The van der Waals surface area contributed by atoms with Crippen molar-refractivity contribution in [1.82, 2.24) is 20.2 Å². The lowest BCUT2D eigenvalue weighted by Crippen LogP contribution is -1.99. The highest BCUT2D eigenvalue weighted by atomic mass is 35.5. The Morgan fingerprint density at radius 2 is 2.00 bits per heavy atom. The molecule has 0 aliphatic rings. The normalized spacial score (nSPS) is 10.2. The van der Waals surface area contributed by atoms with E-state index in [9.17, 15) is 0 Å². The smallest absolute Gasteiger partial charge is 0.178 e. The topological polar surface area (TPSA) is 54.5 Å². The molecule has 0 aliphatic carbocycles. The zero-order chi connectivity index (χ0) is 10.8. The molecule has 2 aromatic rings. The Labute approximate surface area is 101 Å². The summed E-state index contributed by atoms with van der Waals surface area (Å²) in [5.74, 6) is 1.13. The number of hydrogen-bond donors (Lipinski definition) is 1. The third kappa shape index (κ3) is 2.58. The third-order valence-electron chi connectivity index (χ3n) is 2.21. The van der Waals surface area contributed by atoms with E-state index in [-0.39, 0.29) is 12.4 Å². The molecule has 16 heavy (non-hydrogen) atoms. The van der Waals surface area contributed by atoms with Crippen LogP contribution in [0.5, 0.6) is 0 Å². The van der Waals surface area contributed by atoms with Gasteiger partial charge in [-0.1, -0.05) is 13.8 Å². The first kappa shape index (κ1) is 12.6. The van der Waals surface area contributed by atoms with E-state index in [1.807, 2.05) is 19.1 Å². The molecule has 4 nitrogen and oxygen atoms in total. The lowest BCUT2D eigenvalue weighted by Gasteiger charge is -2.07. The monoisotopic (exact) mass is 238 g/mol. The van der Waals surface area contributed by atoms with Gasteiger partial charge in [-0.05, 0) is 25.0 Å². The number of H-pyrrole nitrogens is 1. The van der Waals surface area contributed by atoms with Crippen LogP contribution >= 0.6 is 12.4 Å². The van der Waals surface area contributed by atoms with Crippen molar-refractivity contribution >= 4 is 12.4 Å². The molecule has 0 radical (unpaired) electrons. The van der Waals surface area contributed by atoms with E-state index in [0.717, 1.165) is 22.9 Å². The average Bonchev–Trinajstić information content (AvgIpc) is 2.69. The molecule has 2 heterocycles. The van der Waals surface area contributed by atoms with Crippen LogP contribution in [0.4, 0.5) is 0 Å². The molecule has 0 unspecified atom stereocenters. The quantitative estimate of drug-likeness (QED) is 0.875. The van der Waals surface area contributed by atoms with Crippen LogP contribution < -0.4 is 0 Å². The van der Waals surface area contributed by atoms with Crippen LogP contribution in [0, 0.1) is 6.92 Å². The molecule has 0 atom stereocenters. The van der Waals surface area contributed by atoms with Crippen molar-refractivity contribution in [3.05, 3.63) is 29.7 Å². The fourth-order valence-corrected chi connectivity index (χ4v) is 1.39. The summed E-state index contributed by atoms with van der Waals surface area (Å²) in [5.41, 5.74) is 2.91. The van der Waals surface area contributed by atoms with Gasteiger partial charge in [0.05, 0.1) is 0 Å². The van der Waals surface area contributed by atoms with Crippen LogP contribution in [0.15, 0.2) is 18.3 Å². The second-order valence-corrected chi connectivity index (χ2v) is 3.88. The molecule has 0 aliphatic heterocycles. The summed E-state index contributed by atoms with van der Waals surface area (Å²) in [5, 5.41) is 6.77. The highest BCUT2D eigenvalue weighted by Gasteiger charge is 2.08. The van der Waals surface area contributed by atoms with E-state index in [2.05, 4.69) is 34.0 Å². The number of hydrogen-bond acceptors (Lipinski definition) is 3. The maximum Gasteiger partial charge on any atom is 0.178 e. The maximum absolute atomic E-state index is 4.49. The minimum Gasteiger partial charge on any atom is -0.275 e. The number of halogens is 1. The third-order valence-corrected chi connectivity index (χ3v) is 2.21. The maximum atomic E-state index is 4.49. The molecular weight excluding hydrogens is 224 g/mol. The molecule has 0 saturated heterocycles. The Bertz CT molecular complexity index is 451. The van der Waals surface area contributed by atoms with E-state index in [1.165, 1.54) is 0 Å². The lowest BCUT2D eigenvalue weighted by atomic mass is 10.1. The van der Waals surface area contributed by atoms with Gasteiger partial charge in [0.2, 0.25) is 0 Å². The molecule has 0 amide bonds. The predicted molar refractivity (Wildman–Crippen MR) is 65.7 cm³/mol. The van der Waals surface area contributed by atoms with E-state index in [0.29, 0.717) is 5.92 Å². The Kier molecular flexibility index (Phi) is 4.01. The van der Waals surface area contributed by atoms with Crippen LogP contribution in [0.1, 0.15) is 31.2 Å². The zero-order valence-corrected chi connectivity index (χ0v) is 10.4. The summed E-state index contributed by atoms with van der Waals surface area (Å²) >= 11 is 0. The van der Waals surface area contributed by atoms with Gasteiger partial charge in [0.1, 0.15) is 5.69 Å². The summed E-state index contributed by atoms with van der Waals surface area (Å²) in [6, 6.07) is 3.89. The van der Waals surface area contributed by atoms with E-state index in [4.69, 9.17) is 0 Å². The second kappa shape index (κ2) is 5.07. The van der Waals surface area contributed by atoms with Crippen molar-refractivity contribution in [2.24, 2.45) is 0 Å². The van der Waals surface area contributed by atoms with Crippen LogP contribution in [0.25, 0.3) is 11.5 Å². The van der Waals surface area contributed by atoms with Crippen LogP contribution in [0.3, 0.4) is 0 Å². The fourth-order valence-electron chi connectivity index (χ4n) is 1.39. The molecule has 86 valence electrons. The molecule has 0 aromatic carbocycles. The average molecular weight is 239 g/mol. The Hall–Kier alpha value is -1.42. The number of nitrogens with zero attached hydrogens (tertiary/aromatic N) is 3. The van der Waals surface area contributed by atoms with Crippen molar-refractivity contribution in [3.8, 4) is 11.5 Å². The van der Waals surface area contributed by atoms with E-state index >= 15 is 0 Å². The Morgan fingerprint density at radius 1 is 1.25 bits per heavy atom. The van der Waals surface area contributed by atoms with Gasteiger partial charge in [0.25, 0.3) is 0 Å². The standard InChI is InChI=1S/C11H14N4.ClH/c1-7(2)10-6-8(3)13-11(14-10)9-4-5-12-15-9;/h4-7H,1-3H3,(H,12,15);1H. The molecule has 5 heteroatoms. The summed E-state index contributed by atoms with van der Waals surface area (Å²) in [4.78, 5) is 8.87. The van der Waals surface area contributed by atoms with E-state index in [1.54, 1.807) is 6.20 Å². The first-order valence-electron chi connectivity index (χ1n) is 5.02. The SMILES string of the molecule is Cc1cc(C(C)C)nc(-c2ccn[nH]2)n1.Cl. The Morgan fingerprint density at radius 3 is 2.56 bits per heavy atom. The minimum atomic E-state index is 0. The number of rotatable bonds is 2. The first-order chi connectivity index (χ1) is 7.16. The molecule has 2 aromatic heterocycles. The molecule has 0 bridgehead atoms. The van der Waals surface area contributed by atoms with Gasteiger partial charge in [-0.3, -0.25) is 5.10 Å². The first-order valence-corrected chi connectivity index (χ1v) is 5.02. The molecule has 0 saturated carbocycles. The minimum absolute atomic E-state index is 0. The molecule has 2 rings (SSSR count). The van der Waals surface area contributed by atoms with Crippen LogP contribution in [-0.4, -0.2) is 20.2 Å². The summed E-state index contributed by atoms with van der Waals surface area (Å²) < 4.78 is 0. The summed E-state index contributed by atoms with van der Waals surface area (Å²) in [6.07, 6.45) is 1.70. The van der Waals surface area contributed by atoms with Gasteiger partial charge in [-0.15, -0.1) is 12.4 Å². The van der Waals surface area contributed by atoms with Gasteiger partial charge in [0, 0.05) is 17.6 Å². The Balaban J connectivity index is 0.00000128. The molecule has 1 N–H and O–H groups in total. The van der Waals surface area contributed by atoms with Gasteiger partial charge in [-0.2, -0.15) is 5.10 Å². The number of aryl methyl sites for hydroxylation is 1.